The lowest BCUT2D eigenvalue weighted by atomic mass is 10.0. The maximum Gasteiger partial charge on any atom is 0.247 e. The number of fused-ring (bicyclic) bond motifs is 1. The van der Waals surface area contributed by atoms with Crippen LogP contribution in [0.1, 0.15) is 51.8 Å². The number of hydrogen-bond donors (Lipinski definition) is 4. The molecular formula is C33H39N5O4. The van der Waals surface area contributed by atoms with Crippen LogP contribution in [0, 0.1) is 5.92 Å². The van der Waals surface area contributed by atoms with Gasteiger partial charge in [-0.3, -0.25) is 9.59 Å². The summed E-state index contributed by atoms with van der Waals surface area (Å²) in [5.41, 5.74) is 9.03. The van der Waals surface area contributed by atoms with Gasteiger partial charge in [-0.1, -0.05) is 32.0 Å². The van der Waals surface area contributed by atoms with Crippen molar-refractivity contribution in [1.82, 2.24) is 10.3 Å². The number of nitrogens with one attached hydrogen (secondary N) is 3. The maximum atomic E-state index is 13.8. The number of amides is 2. The summed E-state index contributed by atoms with van der Waals surface area (Å²) >= 11 is 0. The smallest absolute Gasteiger partial charge is 0.247 e. The fraction of sp³-hybridized carbons (Fsp3) is 0.303. The molecule has 5 N–H and O–H groups in total. The SMILES string of the molecule is CCOc1cc(C(Nc2ccc3c(N)nccc3c2)C(=O)NCc2cccc(NC(=O)C(C)C)c2)ccc1OC(C)C. The summed E-state index contributed by atoms with van der Waals surface area (Å²) in [5, 5.41) is 11.1. The Balaban J connectivity index is 1.62. The molecule has 1 aromatic heterocycles. The van der Waals surface area contributed by atoms with Crippen molar-refractivity contribution in [3.05, 3.63) is 84.1 Å². The summed E-state index contributed by atoms with van der Waals surface area (Å²) in [6.45, 7) is 10.2. The Morgan fingerprint density at radius 2 is 1.71 bits per heavy atom. The lowest BCUT2D eigenvalue weighted by molar-refractivity contribution is -0.122. The third-order valence-electron chi connectivity index (χ3n) is 6.52. The number of nitrogens with two attached hydrogens (primary N) is 1. The van der Waals surface area contributed by atoms with E-state index < -0.39 is 6.04 Å². The number of carbonyl (C=O) groups excluding carboxylic acids is 2. The zero-order valence-electron chi connectivity index (χ0n) is 24.7. The number of rotatable bonds is 12. The fourth-order valence-corrected chi connectivity index (χ4v) is 4.42. The molecule has 0 fully saturated rings. The third kappa shape index (κ3) is 7.69. The van der Waals surface area contributed by atoms with Gasteiger partial charge in [0, 0.05) is 35.4 Å². The molecule has 1 atom stereocenters. The van der Waals surface area contributed by atoms with Crippen LogP contribution >= 0.6 is 0 Å². The van der Waals surface area contributed by atoms with Crippen molar-refractivity contribution in [2.45, 2.75) is 53.3 Å². The van der Waals surface area contributed by atoms with Crippen LogP contribution in [0.5, 0.6) is 11.5 Å². The number of hydrogen-bond acceptors (Lipinski definition) is 7. The minimum atomic E-state index is -0.752. The largest absolute Gasteiger partial charge is 0.490 e. The summed E-state index contributed by atoms with van der Waals surface area (Å²) in [6, 6.07) is 19.8. The van der Waals surface area contributed by atoms with Crippen molar-refractivity contribution < 1.29 is 19.1 Å². The number of nitrogens with zero attached hydrogens (tertiary/aromatic N) is 1. The van der Waals surface area contributed by atoms with Crippen molar-refractivity contribution in [3.8, 4) is 11.5 Å². The van der Waals surface area contributed by atoms with E-state index in [1.165, 1.54) is 0 Å². The van der Waals surface area contributed by atoms with Crippen LogP contribution < -0.4 is 31.2 Å². The normalized spacial score (nSPS) is 11.8. The van der Waals surface area contributed by atoms with Gasteiger partial charge < -0.3 is 31.2 Å². The molecule has 4 rings (SSSR count). The molecule has 3 aromatic carbocycles. The van der Waals surface area contributed by atoms with E-state index in [9.17, 15) is 9.59 Å². The lowest BCUT2D eigenvalue weighted by Crippen LogP contribution is -2.33. The fourth-order valence-electron chi connectivity index (χ4n) is 4.42. The van der Waals surface area contributed by atoms with E-state index in [1.807, 2.05) is 101 Å². The molecule has 1 unspecified atom stereocenters. The molecule has 0 bridgehead atoms. The first-order valence-corrected chi connectivity index (χ1v) is 14.2. The van der Waals surface area contributed by atoms with Gasteiger partial charge in [0.2, 0.25) is 11.8 Å². The number of aromatic nitrogens is 1. The highest BCUT2D eigenvalue weighted by atomic mass is 16.5. The van der Waals surface area contributed by atoms with Crippen molar-refractivity contribution in [2.75, 3.05) is 23.0 Å². The molecular weight excluding hydrogens is 530 g/mol. The van der Waals surface area contributed by atoms with Crippen LogP contribution in [0.25, 0.3) is 10.8 Å². The highest BCUT2D eigenvalue weighted by molar-refractivity contribution is 5.94. The van der Waals surface area contributed by atoms with Crippen LogP contribution in [-0.4, -0.2) is 29.5 Å². The summed E-state index contributed by atoms with van der Waals surface area (Å²) < 4.78 is 11.8. The summed E-state index contributed by atoms with van der Waals surface area (Å²) in [7, 11) is 0. The predicted molar refractivity (Wildman–Crippen MR) is 168 cm³/mol. The van der Waals surface area contributed by atoms with Crippen LogP contribution in [0.2, 0.25) is 0 Å². The first-order chi connectivity index (χ1) is 20.1. The van der Waals surface area contributed by atoms with Crippen LogP contribution in [-0.2, 0) is 16.1 Å². The molecule has 1 heterocycles. The van der Waals surface area contributed by atoms with E-state index in [0.29, 0.717) is 35.2 Å². The standard InChI is InChI=1S/C33H39N5O4/c1-6-41-29-18-24(10-13-28(29)42-21(4)5)30(37-26-11-12-27-23(17-26)14-15-35-31(27)34)33(40)36-19-22-8-7-9-25(16-22)38-32(39)20(2)3/h7-18,20-21,30,37H,6,19H2,1-5H3,(H2,34,35)(H,36,40)(H,38,39). The maximum absolute atomic E-state index is 13.8. The van der Waals surface area contributed by atoms with E-state index in [4.69, 9.17) is 15.2 Å². The van der Waals surface area contributed by atoms with E-state index in [1.54, 1.807) is 6.20 Å². The number of carbonyl (C=O) groups is 2. The van der Waals surface area contributed by atoms with Gasteiger partial charge in [-0.15, -0.1) is 0 Å². The number of pyridine rings is 1. The number of benzene rings is 3. The Morgan fingerprint density at radius 3 is 2.45 bits per heavy atom. The van der Waals surface area contributed by atoms with Gasteiger partial charge in [-0.2, -0.15) is 0 Å². The van der Waals surface area contributed by atoms with Gasteiger partial charge in [0.15, 0.2) is 11.5 Å². The second-order valence-corrected chi connectivity index (χ2v) is 10.6. The van der Waals surface area contributed by atoms with Gasteiger partial charge in [0.05, 0.1) is 12.7 Å². The van der Waals surface area contributed by atoms with Crippen molar-refractivity contribution in [1.29, 1.82) is 0 Å². The first kappa shape index (κ1) is 30.2. The lowest BCUT2D eigenvalue weighted by Gasteiger charge is -2.22. The highest BCUT2D eigenvalue weighted by Crippen LogP contribution is 2.33. The van der Waals surface area contributed by atoms with Gasteiger partial charge >= 0.3 is 0 Å². The Morgan fingerprint density at radius 1 is 0.905 bits per heavy atom. The minimum absolute atomic E-state index is 0.0344. The molecule has 0 aliphatic rings. The second kappa shape index (κ2) is 13.7. The molecule has 220 valence electrons. The van der Waals surface area contributed by atoms with E-state index in [-0.39, 0.29) is 30.4 Å². The first-order valence-electron chi connectivity index (χ1n) is 14.2. The predicted octanol–water partition coefficient (Wildman–Crippen LogP) is 6.07. The number of nitrogen functional groups attached to an aromatic ring is 1. The summed E-state index contributed by atoms with van der Waals surface area (Å²) in [6.07, 6.45) is 1.62. The quantitative estimate of drug-likeness (QED) is 0.163. The Kier molecular flexibility index (Phi) is 9.85. The molecule has 4 aromatic rings. The van der Waals surface area contributed by atoms with Crippen molar-refractivity contribution in [2.24, 2.45) is 5.92 Å². The number of anilines is 3. The summed E-state index contributed by atoms with van der Waals surface area (Å²) in [5.74, 6) is 1.19. The van der Waals surface area contributed by atoms with Gasteiger partial charge in [0.25, 0.3) is 0 Å². The molecule has 0 spiro atoms. The Bertz CT molecular complexity index is 1550. The van der Waals surface area contributed by atoms with E-state index in [0.717, 1.165) is 22.0 Å². The topological polar surface area (TPSA) is 128 Å². The molecule has 2 amide bonds. The van der Waals surface area contributed by atoms with E-state index >= 15 is 0 Å². The van der Waals surface area contributed by atoms with Crippen molar-refractivity contribution >= 4 is 39.8 Å². The minimum Gasteiger partial charge on any atom is -0.490 e. The molecule has 9 heteroatoms. The van der Waals surface area contributed by atoms with Gasteiger partial charge in [0.1, 0.15) is 11.9 Å². The molecule has 0 saturated heterocycles. The summed E-state index contributed by atoms with van der Waals surface area (Å²) in [4.78, 5) is 30.1. The number of ether oxygens (including phenoxy) is 2. The Labute approximate surface area is 246 Å². The van der Waals surface area contributed by atoms with Gasteiger partial charge in [-0.25, -0.2) is 4.98 Å². The van der Waals surface area contributed by atoms with Crippen LogP contribution in [0.3, 0.4) is 0 Å². The molecule has 0 aliphatic heterocycles. The van der Waals surface area contributed by atoms with Crippen molar-refractivity contribution in [3.63, 3.8) is 0 Å². The highest BCUT2D eigenvalue weighted by Gasteiger charge is 2.23. The average molecular weight is 570 g/mol. The second-order valence-electron chi connectivity index (χ2n) is 10.6. The Hall–Kier alpha value is -4.79. The zero-order chi connectivity index (χ0) is 30.2. The van der Waals surface area contributed by atoms with E-state index in [2.05, 4.69) is 20.9 Å². The van der Waals surface area contributed by atoms with Crippen LogP contribution in [0.4, 0.5) is 17.2 Å². The average Bonchev–Trinajstić information content (AvgIpc) is 2.96. The van der Waals surface area contributed by atoms with Gasteiger partial charge in [-0.05, 0) is 85.8 Å². The monoisotopic (exact) mass is 569 g/mol. The molecule has 0 aliphatic carbocycles. The molecule has 0 radical (unpaired) electrons. The molecule has 9 nitrogen and oxygen atoms in total. The van der Waals surface area contributed by atoms with Crippen LogP contribution in [0.15, 0.2) is 72.9 Å². The third-order valence-corrected chi connectivity index (χ3v) is 6.52. The zero-order valence-corrected chi connectivity index (χ0v) is 24.7. The molecule has 0 saturated carbocycles. The molecule has 42 heavy (non-hydrogen) atoms.